The molecule has 3 N–H and O–H groups in total. The van der Waals surface area contributed by atoms with Gasteiger partial charge in [-0.15, -0.1) is 0 Å². The Bertz CT molecular complexity index is 326. The van der Waals surface area contributed by atoms with Gasteiger partial charge in [0.2, 0.25) is 0 Å². The summed E-state index contributed by atoms with van der Waals surface area (Å²) in [6, 6.07) is -0.548. The van der Waals surface area contributed by atoms with Crippen LogP contribution in [0.2, 0.25) is 0 Å². The third kappa shape index (κ3) is 1.34. The zero-order valence-electron chi connectivity index (χ0n) is 8.78. The predicted octanol–water partition coefficient (Wildman–Crippen LogP) is 1.47. The quantitative estimate of drug-likeness (QED) is 0.628. The molecular weight excluding hydrogens is 190 g/mol. The van der Waals surface area contributed by atoms with Crippen molar-refractivity contribution in [1.29, 1.82) is 0 Å². The number of carbonyl (C=O) groups is 1. The van der Waals surface area contributed by atoms with Crippen LogP contribution in [-0.4, -0.2) is 11.7 Å². The molecule has 0 saturated heterocycles. The van der Waals surface area contributed by atoms with E-state index in [4.69, 9.17) is 5.73 Å². The second kappa shape index (κ2) is 3.22. The highest BCUT2D eigenvalue weighted by atomic mass is 16.2. The zero-order valence-corrected chi connectivity index (χ0v) is 8.78. The maximum Gasteiger partial charge on any atom is 0.332 e. The Morgan fingerprint density at radius 3 is 3.00 bits per heavy atom. The van der Waals surface area contributed by atoms with E-state index in [0.717, 1.165) is 24.2 Å². The molecule has 0 spiro atoms. The number of urea groups is 1. The molecule has 0 aliphatic heterocycles. The van der Waals surface area contributed by atoms with E-state index in [-0.39, 0.29) is 0 Å². The average molecular weight is 207 g/mol. The van der Waals surface area contributed by atoms with E-state index in [9.17, 15) is 4.79 Å². The lowest BCUT2D eigenvalue weighted by Gasteiger charge is -2.25. The number of nitrogens with one attached hydrogen (secondary N) is 1. The summed E-state index contributed by atoms with van der Waals surface area (Å²) >= 11 is 0. The molecule has 3 aliphatic carbocycles. The topological polar surface area (TPSA) is 67.5 Å². The Kier molecular flexibility index (Phi) is 1.97. The molecule has 82 valence electrons. The van der Waals surface area contributed by atoms with Crippen molar-refractivity contribution in [2.45, 2.75) is 32.1 Å². The minimum absolute atomic E-state index is 0.548. The van der Waals surface area contributed by atoms with Crippen molar-refractivity contribution >= 4 is 11.7 Å². The highest BCUT2D eigenvalue weighted by Gasteiger charge is 2.52. The van der Waals surface area contributed by atoms with Crippen LogP contribution in [0.1, 0.15) is 32.1 Å². The summed E-state index contributed by atoms with van der Waals surface area (Å²) in [5.41, 5.74) is 8.59. The first kappa shape index (κ1) is 9.19. The third-order valence-corrected chi connectivity index (χ3v) is 4.51. The molecule has 0 unspecified atom stereocenters. The minimum atomic E-state index is -0.548. The van der Waals surface area contributed by atoms with Crippen LogP contribution < -0.4 is 11.2 Å². The van der Waals surface area contributed by atoms with Crippen molar-refractivity contribution in [1.82, 2.24) is 5.43 Å². The van der Waals surface area contributed by atoms with Gasteiger partial charge in [-0.25, -0.2) is 10.2 Å². The monoisotopic (exact) mass is 207 g/mol. The van der Waals surface area contributed by atoms with Gasteiger partial charge < -0.3 is 5.73 Å². The number of nitrogens with zero attached hydrogens (tertiary/aromatic N) is 1. The Morgan fingerprint density at radius 2 is 2.20 bits per heavy atom. The van der Waals surface area contributed by atoms with Crippen LogP contribution in [0.25, 0.3) is 0 Å². The van der Waals surface area contributed by atoms with Gasteiger partial charge in [-0.1, -0.05) is 6.42 Å². The number of hydrogen-bond acceptors (Lipinski definition) is 2. The number of amides is 2. The van der Waals surface area contributed by atoms with Gasteiger partial charge in [-0.3, -0.25) is 0 Å². The first-order valence-electron chi connectivity index (χ1n) is 5.87. The maximum atomic E-state index is 10.6. The number of hydrogen-bond donors (Lipinski definition) is 2. The van der Waals surface area contributed by atoms with Crippen LogP contribution in [0.5, 0.6) is 0 Å². The van der Waals surface area contributed by atoms with Gasteiger partial charge in [0.25, 0.3) is 0 Å². The predicted molar refractivity (Wildman–Crippen MR) is 57.2 cm³/mol. The van der Waals surface area contributed by atoms with E-state index >= 15 is 0 Å². The molecule has 3 saturated carbocycles. The van der Waals surface area contributed by atoms with Gasteiger partial charge in [-0.05, 0) is 43.4 Å². The van der Waals surface area contributed by atoms with Crippen LogP contribution >= 0.6 is 0 Å². The fourth-order valence-electron chi connectivity index (χ4n) is 4.07. The molecule has 0 aromatic heterocycles. The minimum Gasteiger partial charge on any atom is -0.350 e. The van der Waals surface area contributed by atoms with Gasteiger partial charge in [0.05, 0.1) is 0 Å². The number of fused-ring (bicyclic) bond motifs is 5. The summed E-state index contributed by atoms with van der Waals surface area (Å²) in [6.45, 7) is 0. The van der Waals surface area contributed by atoms with Crippen molar-refractivity contribution in [2.24, 2.45) is 34.5 Å². The zero-order chi connectivity index (χ0) is 10.4. The lowest BCUT2D eigenvalue weighted by Crippen LogP contribution is -2.30. The first-order valence-corrected chi connectivity index (χ1v) is 5.87. The van der Waals surface area contributed by atoms with E-state index in [2.05, 4.69) is 10.5 Å². The lowest BCUT2D eigenvalue weighted by atomic mass is 9.81. The van der Waals surface area contributed by atoms with Gasteiger partial charge >= 0.3 is 6.03 Å². The summed E-state index contributed by atoms with van der Waals surface area (Å²) in [5.74, 6) is 3.31. The highest BCUT2D eigenvalue weighted by Crippen LogP contribution is 2.57. The molecule has 4 nitrogen and oxygen atoms in total. The van der Waals surface area contributed by atoms with Crippen LogP contribution in [-0.2, 0) is 0 Å². The fraction of sp³-hybridized carbons (Fsp3) is 0.818. The molecule has 3 rings (SSSR count). The third-order valence-electron chi connectivity index (χ3n) is 4.51. The molecule has 0 radical (unpaired) electrons. The molecule has 2 bridgehead atoms. The van der Waals surface area contributed by atoms with Crippen LogP contribution in [0, 0.1) is 23.7 Å². The number of rotatable bonds is 1. The van der Waals surface area contributed by atoms with Crippen molar-refractivity contribution in [3.63, 3.8) is 0 Å². The van der Waals surface area contributed by atoms with E-state index in [0.29, 0.717) is 5.92 Å². The Morgan fingerprint density at radius 1 is 1.40 bits per heavy atom. The SMILES string of the molecule is NC(=O)N/N=C1/C[C@H]2C[C@H]1[C@@H]1CCC[C@H]21. The number of hydrazone groups is 1. The van der Waals surface area contributed by atoms with E-state index in [1.54, 1.807) is 0 Å². The molecule has 4 atom stereocenters. The molecular formula is C11H17N3O. The summed E-state index contributed by atoms with van der Waals surface area (Å²) in [4.78, 5) is 10.6. The van der Waals surface area contributed by atoms with Crippen LogP contribution in [0.15, 0.2) is 5.10 Å². The van der Waals surface area contributed by atoms with Gasteiger partial charge in [-0.2, -0.15) is 5.10 Å². The summed E-state index contributed by atoms with van der Waals surface area (Å²) in [5, 5.41) is 4.16. The number of nitrogens with two attached hydrogens (primary N) is 1. The molecule has 3 aliphatic rings. The first-order chi connectivity index (χ1) is 7.25. The van der Waals surface area contributed by atoms with Crippen molar-refractivity contribution in [2.75, 3.05) is 0 Å². The van der Waals surface area contributed by atoms with Crippen LogP contribution in [0.3, 0.4) is 0 Å². The van der Waals surface area contributed by atoms with E-state index in [1.165, 1.54) is 31.4 Å². The largest absolute Gasteiger partial charge is 0.350 e. The highest BCUT2D eigenvalue weighted by molar-refractivity contribution is 5.91. The Labute approximate surface area is 89.3 Å². The van der Waals surface area contributed by atoms with Crippen LogP contribution in [0.4, 0.5) is 4.79 Å². The maximum absolute atomic E-state index is 10.6. The van der Waals surface area contributed by atoms with Gasteiger partial charge in [0.15, 0.2) is 0 Å². The standard InChI is InChI=1S/C11H17N3O/c12-11(15)14-13-10-5-6-4-9(10)8-3-1-2-7(6)8/h6-9H,1-5H2,(H3,12,14,15)/b13-10-/t6-,7-,8-,9+/m1/s1. The van der Waals surface area contributed by atoms with Crippen molar-refractivity contribution in [3.8, 4) is 0 Å². The summed E-state index contributed by atoms with van der Waals surface area (Å²) in [7, 11) is 0. The number of carbonyl (C=O) groups excluding carboxylic acids is 1. The van der Waals surface area contributed by atoms with E-state index < -0.39 is 6.03 Å². The molecule has 0 heterocycles. The molecule has 3 fully saturated rings. The lowest BCUT2D eigenvalue weighted by molar-refractivity contribution is 0.249. The Hall–Kier alpha value is -1.06. The van der Waals surface area contributed by atoms with Crippen molar-refractivity contribution in [3.05, 3.63) is 0 Å². The van der Waals surface area contributed by atoms with E-state index in [1.807, 2.05) is 0 Å². The molecule has 0 aromatic rings. The second-order valence-corrected chi connectivity index (χ2v) is 5.14. The van der Waals surface area contributed by atoms with Gasteiger partial charge in [0.1, 0.15) is 0 Å². The average Bonchev–Trinajstić information content (AvgIpc) is 2.86. The summed E-state index contributed by atoms with van der Waals surface area (Å²) < 4.78 is 0. The fourth-order valence-corrected chi connectivity index (χ4v) is 4.07. The normalized spacial score (nSPS) is 44.7. The second-order valence-electron chi connectivity index (χ2n) is 5.14. The molecule has 4 heteroatoms. The van der Waals surface area contributed by atoms with Crippen molar-refractivity contribution < 1.29 is 4.79 Å². The number of primary amides is 1. The smallest absolute Gasteiger partial charge is 0.332 e. The Balaban J connectivity index is 1.75. The molecule has 15 heavy (non-hydrogen) atoms. The molecule has 0 aromatic carbocycles. The summed E-state index contributed by atoms with van der Waals surface area (Å²) in [6.07, 6.45) is 6.56. The van der Waals surface area contributed by atoms with Gasteiger partial charge in [0, 0.05) is 11.6 Å². The molecule has 2 amide bonds.